The van der Waals surface area contributed by atoms with Crippen LogP contribution in [0.15, 0.2) is 42.6 Å². The molecule has 20 heavy (non-hydrogen) atoms. The number of rotatable bonds is 7. The van der Waals surface area contributed by atoms with Crippen LogP contribution in [0.25, 0.3) is 0 Å². The highest BCUT2D eigenvalue weighted by Gasteiger charge is 2.03. The van der Waals surface area contributed by atoms with Gasteiger partial charge in [-0.05, 0) is 30.7 Å². The van der Waals surface area contributed by atoms with Crippen LogP contribution in [0.3, 0.4) is 0 Å². The summed E-state index contributed by atoms with van der Waals surface area (Å²) in [6.07, 6.45) is 2.61. The average Bonchev–Trinajstić information content (AvgIpc) is 2.48. The molecule has 0 spiro atoms. The molecule has 1 N–H and O–H groups in total. The van der Waals surface area contributed by atoms with Crippen molar-refractivity contribution in [3.05, 3.63) is 58.2 Å². The summed E-state index contributed by atoms with van der Waals surface area (Å²) in [6.45, 7) is 2.17. The fourth-order valence-corrected chi connectivity index (χ4v) is 2.10. The van der Waals surface area contributed by atoms with Crippen LogP contribution in [0.2, 0.25) is 10.0 Å². The van der Waals surface area contributed by atoms with E-state index in [4.69, 9.17) is 27.9 Å². The van der Waals surface area contributed by atoms with Crippen molar-refractivity contribution < 1.29 is 4.74 Å². The van der Waals surface area contributed by atoms with Crippen molar-refractivity contribution in [3.63, 3.8) is 0 Å². The quantitative estimate of drug-likeness (QED) is 0.786. The molecule has 0 saturated heterocycles. The highest BCUT2D eigenvalue weighted by atomic mass is 35.5. The Morgan fingerprint density at radius 2 is 2.00 bits per heavy atom. The number of halogens is 2. The Bertz CT molecular complexity index is 535. The first-order chi connectivity index (χ1) is 9.77. The first-order valence-electron chi connectivity index (χ1n) is 6.45. The monoisotopic (exact) mass is 310 g/mol. The van der Waals surface area contributed by atoms with E-state index in [1.807, 2.05) is 30.3 Å². The second-order valence-corrected chi connectivity index (χ2v) is 5.04. The van der Waals surface area contributed by atoms with E-state index in [1.54, 1.807) is 12.3 Å². The van der Waals surface area contributed by atoms with Crippen LogP contribution in [0.5, 0.6) is 5.88 Å². The van der Waals surface area contributed by atoms with E-state index in [1.165, 1.54) is 0 Å². The number of nitrogens with one attached hydrogen (secondary N) is 1. The molecular weight excluding hydrogens is 295 g/mol. The Kier molecular flexibility index (Phi) is 6.12. The van der Waals surface area contributed by atoms with Gasteiger partial charge in [0.2, 0.25) is 5.88 Å². The van der Waals surface area contributed by atoms with Gasteiger partial charge in [-0.3, -0.25) is 0 Å². The Balaban J connectivity index is 1.63. The molecule has 5 heteroatoms. The lowest BCUT2D eigenvalue weighted by molar-refractivity contribution is 0.296. The van der Waals surface area contributed by atoms with E-state index in [2.05, 4.69) is 10.3 Å². The third kappa shape index (κ3) is 4.67. The van der Waals surface area contributed by atoms with Gasteiger partial charge in [-0.2, -0.15) is 0 Å². The summed E-state index contributed by atoms with van der Waals surface area (Å²) < 4.78 is 5.50. The molecule has 3 nitrogen and oxygen atoms in total. The Labute approximate surface area is 128 Å². The van der Waals surface area contributed by atoms with Crippen LogP contribution < -0.4 is 10.1 Å². The number of benzene rings is 1. The minimum absolute atomic E-state index is 0.587. The Morgan fingerprint density at radius 1 is 1.10 bits per heavy atom. The fourth-order valence-electron chi connectivity index (χ4n) is 1.71. The maximum absolute atomic E-state index is 6.11. The number of aromatic nitrogens is 1. The van der Waals surface area contributed by atoms with Crippen LogP contribution in [-0.4, -0.2) is 18.1 Å². The standard InChI is InChI=1S/C15H16Cl2N2O/c16-13-6-3-5-12(15(13)17)11-18-8-4-10-20-14-7-1-2-9-19-14/h1-3,5-7,9,18H,4,8,10-11H2. The lowest BCUT2D eigenvalue weighted by Gasteiger charge is -2.08. The molecule has 0 saturated carbocycles. The van der Waals surface area contributed by atoms with Crippen molar-refractivity contribution >= 4 is 23.2 Å². The molecule has 0 aliphatic carbocycles. The molecule has 0 radical (unpaired) electrons. The van der Waals surface area contributed by atoms with Gasteiger partial charge in [0, 0.05) is 18.8 Å². The SMILES string of the molecule is Clc1cccc(CNCCCOc2ccccn2)c1Cl. The molecule has 1 aromatic carbocycles. The zero-order chi connectivity index (χ0) is 14.2. The second kappa shape index (κ2) is 8.10. The lowest BCUT2D eigenvalue weighted by atomic mass is 10.2. The van der Waals surface area contributed by atoms with Gasteiger partial charge in [-0.1, -0.05) is 41.4 Å². The van der Waals surface area contributed by atoms with Crippen molar-refractivity contribution in [1.29, 1.82) is 0 Å². The molecule has 0 aliphatic rings. The van der Waals surface area contributed by atoms with Crippen LogP contribution in [0.1, 0.15) is 12.0 Å². The van der Waals surface area contributed by atoms with Crippen molar-refractivity contribution in [2.45, 2.75) is 13.0 Å². The average molecular weight is 311 g/mol. The molecule has 2 aromatic rings. The molecular formula is C15H16Cl2N2O. The van der Waals surface area contributed by atoms with Gasteiger partial charge < -0.3 is 10.1 Å². The Morgan fingerprint density at radius 3 is 2.80 bits per heavy atom. The summed E-state index contributed by atoms with van der Waals surface area (Å²) in [7, 11) is 0. The van der Waals surface area contributed by atoms with Crippen molar-refractivity contribution in [1.82, 2.24) is 10.3 Å². The summed E-state index contributed by atoms with van der Waals surface area (Å²) in [5.74, 6) is 0.658. The van der Waals surface area contributed by atoms with Gasteiger partial charge in [-0.15, -0.1) is 0 Å². The summed E-state index contributed by atoms with van der Waals surface area (Å²) in [5.41, 5.74) is 1.00. The predicted molar refractivity (Wildman–Crippen MR) is 82.5 cm³/mol. The zero-order valence-electron chi connectivity index (χ0n) is 11.0. The van der Waals surface area contributed by atoms with Crippen molar-refractivity contribution in [2.75, 3.05) is 13.2 Å². The van der Waals surface area contributed by atoms with E-state index in [0.717, 1.165) is 18.5 Å². The van der Waals surface area contributed by atoms with Crippen LogP contribution >= 0.6 is 23.2 Å². The third-order valence-corrected chi connectivity index (χ3v) is 3.59. The van der Waals surface area contributed by atoms with Crippen LogP contribution in [-0.2, 0) is 6.54 Å². The van der Waals surface area contributed by atoms with E-state index in [-0.39, 0.29) is 0 Å². The van der Waals surface area contributed by atoms with Crippen LogP contribution in [0, 0.1) is 0 Å². The molecule has 0 unspecified atom stereocenters. The maximum atomic E-state index is 6.11. The molecule has 0 amide bonds. The summed E-state index contributed by atoms with van der Waals surface area (Å²) in [6, 6.07) is 11.3. The molecule has 0 atom stereocenters. The van der Waals surface area contributed by atoms with Gasteiger partial charge in [0.05, 0.1) is 16.7 Å². The minimum Gasteiger partial charge on any atom is -0.478 e. The Hall–Kier alpha value is -1.29. The van der Waals surface area contributed by atoms with Crippen LogP contribution in [0.4, 0.5) is 0 Å². The maximum Gasteiger partial charge on any atom is 0.213 e. The van der Waals surface area contributed by atoms with Gasteiger partial charge in [0.25, 0.3) is 0 Å². The molecule has 2 rings (SSSR count). The highest BCUT2D eigenvalue weighted by molar-refractivity contribution is 6.42. The molecule has 106 valence electrons. The summed E-state index contributed by atoms with van der Waals surface area (Å²) in [4.78, 5) is 4.09. The molecule has 1 aromatic heterocycles. The van der Waals surface area contributed by atoms with E-state index >= 15 is 0 Å². The van der Waals surface area contributed by atoms with Gasteiger partial charge in [0.15, 0.2) is 0 Å². The fraction of sp³-hybridized carbons (Fsp3) is 0.267. The van der Waals surface area contributed by atoms with E-state index in [9.17, 15) is 0 Å². The molecule has 0 aliphatic heterocycles. The lowest BCUT2D eigenvalue weighted by Crippen LogP contribution is -2.17. The van der Waals surface area contributed by atoms with Gasteiger partial charge in [0.1, 0.15) is 0 Å². The summed E-state index contributed by atoms with van der Waals surface area (Å²) >= 11 is 12.1. The largest absolute Gasteiger partial charge is 0.478 e. The number of ether oxygens (including phenoxy) is 1. The minimum atomic E-state index is 0.587. The van der Waals surface area contributed by atoms with Gasteiger partial charge >= 0.3 is 0 Å². The van der Waals surface area contributed by atoms with Crippen molar-refractivity contribution in [3.8, 4) is 5.88 Å². The predicted octanol–water partition coefficient (Wildman–Crippen LogP) is 3.95. The number of hydrogen-bond acceptors (Lipinski definition) is 3. The first-order valence-corrected chi connectivity index (χ1v) is 7.20. The number of nitrogens with zero attached hydrogens (tertiary/aromatic N) is 1. The normalized spacial score (nSPS) is 10.5. The number of hydrogen-bond donors (Lipinski definition) is 1. The zero-order valence-corrected chi connectivity index (χ0v) is 12.5. The molecule has 1 heterocycles. The second-order valence-electron chi connectivity index (χ2n) is 4.26. The first kappa shape index (κ1) is 15.1. The third-order valence-electron chi connectivity index (χ3n) is 2.73. The molecule has 0 bridgehead atoms. The smallest absolute Gasteiger partial charge is 0.213 e. The summed E-state index contributed by atoms with van der Waals surface area (Å²) in [5, 5.41) is 4.52. The highest BCUT2D eigenvalue weighted by Crippen LogP contribution is 2.25. The topological polar surface area (TPSA) is 34.1 Å². The van der Waals surface area contributed by atoms with Crippen molar-refractivity contribution in [2.24, 2.45) is 0 Å². The van der Waals surface area contributed by atoms with Gasteiger partial charge in [-0.25, -0.2) is 4.98 Å². The molecule has 0 fully saturated rings. The van der Waals surface area contributed by atoms with E-state index < -0.39 is 0 Å². The van der Waals surface area contributed by atoms with E-state index in [0.29, 0.717) is 29.1 Å². The number of pyridine rings is 1.